The van der Waals surface area contributed by atoms with Crippen LogP contribution < -0.4 is 5.32 Å². The first-order valence-corrected chi connectivity index (χ1v) is 6.70. The van der Waals surface area contributed by atoms with E-state index in [1.807, 2.05) is 0 Å². The Bertz CT molecular complexity index is 267. The molecule has 0 aromatic rings. The van der Waals surface area contributed by atoms with Gasteiger partial charge in [0.15, 0.2) is 0 Å². The first kappa shape index (κ1) is 11.9. The number of rotatable bonds is 5. The number of carbonyl (C=O) groups excluding carboxylic acids is 1. The third kappa shape index (κ3) is 2.40. The molecule has 0 bridgehead atoms. The second kappa shape index (κ2) is 4.74. The molecule has 2 aliphatic rings. The third-order valence-electron chi connectivity index (χ3n) is 4.04. The fourth-order valence-corrected chi connectivity index (χ4v) is 2.61. The zero-order chi connectivity index (χ0) is 11.7. The zero-order valence-electron chi connectivity index (χ0n) is 10.7. The van der Waals surface area contributed by atoms with E-state index in [9.17, 15) is 4.79 Å². The highest BCUT2D eigenvalue weighted by molar-refractivity contribution is 5.84. The van der Waals surface area contributed by atoms with Crippen molar-refractivity contribution < 1.29 is 4.79 Å². The van der Waals surface area contributed by atoms with Crippen molar-refractivity contribution in [3.8, 4) is 0 Å². The van der Waals surface area contributed by atoms with E-state index in [1.54, 1.807) is 0 Å². The van der Waals surface area contributed by atoms with E-state index in [0.29, 0.717) is 5.91 Å². The van der Waals surface area contributed by atoms with Gasteiger partial charge < -0.3 is 4.90 Å². The molecule has 0 aromatic heterocycles. The maximum Gasteiger partial charge on any atom is 0.241 e. The van der Waals surface area contributed by atoms with E-state index in [-0.39, 0.29) is 12.2 Å². The molecule has 1 aliphatic heterocycles. The van der Waals surface area contributed by atoms with E-state index < -0.39 is 0 Å². The summed E-state index contributed by atoms with van der Waals surface area (Å²) in [4.78, 5) is 14.2. The summed E-state index contributed by atoms with van der Waals surface area (Å²) in [7, 11) is 0. The lowest BCUT2D eigenvalue weighted by molar-refractivity contribution is -0.130. The molecule has 1 aliphatic carbocycles. The molecule has 1 N–H and O–H groups in total. The minimum absolute atomic E-state index is 0.0870. The highest BCUT2D eigenvalue weighted by Gasteiger charge is 2.41. The Morgan fingerprint density at radius 3 is 2.69 bits per heavy atom. The minimum Gasteiger partial charge on any atom is -0.326 e. The van der Waals surface area contributed by atoms with Crippen LogP contribution in [0.25, 0.3) is 0 Å². The van der Waals surface area contributed by atoms with Crippen LogP contribution in [0.4, 0.5) is 0 Å². The lowest BCUT2D eigenvalue weighted by atomic mass is 10.1. The molecule has 92 valence electrons. The van der Waals surface area contributed by atoms with Gasteiger partial charge in [0.2, 0.25) is 5.91 Å². The van der Waals surface area contributed by atoms with Gasteiger partial charge in [0.25, 0.3) is 0 Å². The van der Waals surface area contributed by atoms with E-state index in [0.717, 1.165) is 31.2 Å². The summed E-state index contributed by atoms with van der Waals surface area (Å²) in [6.45, 7) is 7.53. The molecule has 2 fully saturated rings. The van der Waals surface area contributed by atoms with E-state index >= 15 is 0 Å². The maximum absolute atomic E-state index is 12.2. The molecule has 3 nitrogen and oxygen atoms in total. The van der Waals surface area contributed by atoms with E-state index in [1.165, 1.54) is 12.8 Å². The predicted molar refractivity (Wildman–Crippen MR) is 64.9 cm³/mol. The zero-order valence-corrected chi connectivity index (χ0v) is 10.7. The van der Waals surface area contributed by atoms with Gasteiger partial charge in [-0.15, -0.1) is 0 Å². The summed E-state index contributed by atoms with van der Waals surface area (Å²) in [6.07, 6.45) is 4.85. The molecule has 0 radical (unpaired) electrons. The number of nitrogens with one attached hydrogen (secondary N) is 1. The summed E-state index contributed by atoms with van der Waals surface area (Å²) in [6, 6.07) is 0.0870. The molecule has 1 heterocycles. The molecular weight excluding hydrogens is 200 g/mol. The number of hydrogen-bond acceptors (Lipinski definition) is 2. The summed E-state index contributed by atoms with van der Waals surface area (Å²) < 4.78 is 0. The largest absolute Gasteiger partial charge is 0.326 e. The Morgan fingerprint density at radius 1 is 1.44 bits per heavy atom. The molecule has 4 atom stereocenters. The van der Waals surface area contributed by atoms with Crippen LogP contribution in [0.3, 0.4) is 0 Å². The van der Waals surface area contributed by atoms with Crippen molar-refractivity contribution in [3.63, 3.8) is 0 Å². The minimum atomic E-state index is 0.0870. The van der Waals surface area contributed by atoms with E-state index in [4.69, 9.17) is 0 Å². The Hall–Kier alpha value is -0.570. The molecule has 0 aromatic carbocycles. The SMILES string of the molecule is CCCCC1NC(C)N(CC2CC2C)C1=O. The van der Waals surface area contributed by atoms with Gasteiger partial charge in [-0.3, -0.25) is 10.1 Å². The Labute approximate surface area is 98.6 Å². The van der Waals surface area contributed by atoms with Crippen LogP contribution >= 0.6 is 0 Å². The number of nitrogens with zero attached hydrogens (tertiary/aromatic N) is 1. The summed E-state index contributed by atoms with van der Waals surface area (Å²) in [5, 5.41) is 3.41. The molecule has 1 amide bonds. The van der Waals surface area contributed by atoms with Crippen molar-refractivity contribution in [2.45, 2.75) is 58.7 Å². The fraction of sp³-hybridized carbons (Fsp3) is 0.923. The number of unbranched alkanes of at least 4 members (excludes halogenated alkanes) is 1. The van der Waals surface area contributed by atoms with Gasteiger partial charge in [-0.1, -0.05) is 26.7 Å². The Kier molecular flexibility index (Phi) is 3.53. The fourth-order valence-electron chi connectivity index (χ4n) is 2.61. The molecule has 16 heavy (non-hydrogen) atoms. The average Bonchev–Trinajstić information content (AvgIpc) is 2.88. The molecule has 2 rings (SSSR count). The van der Waals surface area contributed by atoms with Crippen molar-refractivity contribution in [1.29, 1.82) is 0 Å². The first-order valence-electron chi connectivity index (χ1n) is 6.70. The van der Waals surface area contributed by atoms with Gasteiger partial charge in [-0.25, -0.2) is 0 Å². The summed E-state index contributed by atoms with van der Waals surface area (Å²) >= 11 is 0. The van der Waals surface area contributed by atoms with Crippen molar-refractivity contribution in [2.24, 2.45) is 11.8 Å². The molecule has 1 saturated heterocycles. The first-order chi connectivity index (χ1) is 7.63. The van der Waals surface area contributed by atoms with Crippen LogP contribution in [0.2, 0.25) is 0 Å². The monoisotopic (exact) mass is 224 g/mol. The van der Waals surface area contributed by atoms with Gasteiger partial charge in [-0.05, 0) is 31.6 Å². The van der Waals surface area contributed by atoms with Crippen LogP contribution in [0.5, 0.6) is 0 Å². The third-order valence-corrected chi connectivity index (χ3v) is 4.04. The average molecular weight is 224 g/mol. The summed E-state index contributed by atoms with van der Waals surface area (Å²) in [5.41, 5.74) is 0. The molecule has 0 spiro atoms. The van der Waals surface area contributed by atoms with Crippen LogP contribution in [-0.2, 0) is 4.79 Å². The lowest BCUT2D eigenvalue weighted by Crippen LogP contribution is -2.36. The number of hydrogen-bond donors (Lipinski definition) is 1. The highest BCUT2D eigenvalue weighted by atomic mass is 16.2. The summed E-state index contributed by atoms with van der Waals surface area (Å²) in [5.74, 6) is 1.92. The Balaban J connectivity index is 1.86. The molecule has 1 saturated carbocycles. The van der Waals surface area contributed by atoms with E-state index in [2.05, 4.69) is 31.0 Å². The van der Waals surface area contributed by atoms with Gasteiger partial charge in [-0.2, -0.15) is 0 Å². The predicted octanol–water partition coefficient (Wildman–Crippen LogP) is 1.98. The molecule has 3 heteroatoms. The molecule has 4 unspecified atom stereocenters. The van der Waals surface area contributed by atoms with Crippen molar-refractivity contribution in [3.05, 3.63) is 0 Å². The Morgan fingerprint density at radius 2 is 2.12 bits per heavy atom. The second-order valence-electron chi connectivity index (χ2n) is 5.50. The van der Waals surface area contributed by atoms with Crippen molar-refractivity contribution in [1.82, 2.24) is 10.2 Å². The topological polar surface area (TPSA) is 32.3 Å². The van der Waals surface area contributed by atoms with Crippen LogP contribution in [0.15, 0.2) is 0 Å². The van der Waals surface area contributed by atoms with Crippen molar-refractivity contribution in [2.75, 3.05) is 6.54 Å². The lowest BCUT2D eigenvalue weighted by Gasteiger charge is -2.20. The van der Waals surface area contributed by atoms with Gasteiger partial charge in [0.1, 0.15) is 0 Å². The van der Waals surface area contributed by atoms with Gasteiger partial charge >= 0.3 is 0 Å². The smallest absolute Gasteiger partial charge is 0.241 e. The quantitative estimate of drug-likeness (QED) is 0.774. The van der Waals surface area contributed by atoms with Crippen LogP contribution in [-0.4, -0.2) is 29.6 Å². The van der Waals surface area contributed by atoms with Crippen LogP contribution in [0.1, 0.15) is 46.5 Å². The normalized spacial score (nSPS) is 38.2. The second-order valence-corrected chi connectivity index (χ2v) is 5.50. The van der Waals surface area contributed by atoms with Gasteiger partial charge in [0.05, 0.1) is 12.2 Å². The standard InChI is InChI=1S/C13H24N2O/c1-4-5-6-12-13(16)15(10(3)14-12)8-11-7-9(11)2/h9-12,14H,4-8H2,1-3H3. The number of amides is 1. The molecular formula is C13H24N2O. The highest BCUT2D eigenvalue weighted by Crippen LogP contribution is 2.39. The number of carbonyl (C=O) groups is 1. The maximum atomic E-state index is 12.2. The van der Waals surface area contributed by atoms with Gasteiger partial charge in [0, 0.05) is 6.54 Å². The van der Waals surface area contributed by atoms with Crippen LogP contribution in [0, 0.1) is 11.8 Å². The van der Waals surface area contributed by atoms with Crippen molar-refractivity contribution >= 4 is 5.91 Å².